The summed E-state index contributed by atoms with van der Waals surface area (Å²) in [6, 6.07) is 6.64. The van der Waals surface area contributed by atoms with Crippen molar-refractivity contribution >= 4 is 33.2 Å². The minimum Gasteiger partial charge on any atom is -0.364 e. The molecule has 1 aromatic rings. The summed E-state index contributed by atoms with van der Waals surface area (Å²) in [5, 5.41) is 4.68. The molecule has 2 nitrogen and oxygen atoms in total. The minimum atomic E-state index is 0.313. The van der Waals surface area contributed by atoms with E-state index in [2.05, 4.69) is 52.1 Å². The van der Waals surface area contributed by atoms with Gasteiger partial charge in [0.2, 0.25) is 0 Å². The zero-order chi connectivity index (χ0) is 15.0. The van der Waals surface area contributed by atoms with Crippen molar-refractivity contribution in [1.29, 1.82) is 0 Å². The molecule has 21 heavy (non-hydrogen) atoms. The van der Waals surface area contributed by atoms with Crippen LogP contribution in [0, 0.1) is 5.92 Å². The molecule has 1 saturated carbocycles. The maximum atomic E-state index is 6.25. The Morgan fingerprint density at radius 3 is 2.71 bits per heavy atom. The molecule has 4 heteroatoms. The summed E-state index contributed by atoms with van der Waals surface area (Å²) >= 11 is 9.97. The van der Waals surface area contributed by atoms with Crippen LogP contribution in [0.2, 0.25) is 5.02 Å². The highest BCUT2D eigenvalue weighted by Crippen LogP contribution is 2.39. The van der Waals surface area contributed by atoms with E-state index in [0.29, 0.717) is 17.5 Å². The molecule has 1 spiro atoms. The second-order valence-corrected chi connectivity index (χ2v) is 8.19. The van der Waals surface area contributed by atoms with Crippen molar-refractivity contribution in [3.8, 4) is 0 Å². The molecule has 1 atom stereocenters. The molecular weight excluding hydrogens is 348 g/mol. The van der Waals surface area contributed by atoms with Crippen molar-refractivity contribution in [2.75, 3.05) is 18.0 Å². The van der Waals surface area contributed by atoms with Gasteiger partial charge in [0.15, 0.2) is 0 Å². The lowest BCUT2D eigenvalue weighted by atomic mass is 9.88. The molecular formula is C17H24BrClN2. The van der Waals surface area contributed by atoms with Gasteiger partial charge in [0.25, 0.3) is 0 Å². The topological polar surface area (TPSA) is 15.3 Å². The van der Waals surface area contributed by atoms with Gasteiger partial charge in [0.05, 0.1) is 5.69 Å². The second kappa shape index (κ2) is 6.10. The molecule has 116 valence electrons. The number of hydrogen-bond acceptors (Lipinski definition) is 2. The van der Waals surface area contributed by atoms with Gasteiger partial charge in [0, 0.05) is 34.2 Å². The maximum Gasteiger partial charge on any atom is 0.0529 e. The summed E-state index contributed by atoms with van der Waals surface area (Å²) in [5.41, 5.74) is 1.56. The van der Waals surface area contributed by atoms with Crippen molar-refractivity contribution in [2.45, 2.75) is 51.1 Å². The SMILES string of the molecule is CC(C)C1CNC2(CCCC2)CN1c1cc(Cl)ccc1Br. The van der Waals surface area contributed by atoms with Crippen LogP contribution in [-0.2, 0) is 0 Å². The van der Waals surface area contributed by atoms with Gasteiger partial charge in [-0.05, 0) is 52.9 Å². The summed E-state index contributed by atoms with van der Waals surface area (Å²) in [5.74, 6) is 0.613. The fourth-order valence-electron chi connectivity index (χ4n) is 3.88. The number of benzene rings is 1. The molecule has 0 bridgehead atoms. The molecule has 1 aromatic carbocycles. The third-order valence-electron chi connectivity index (χ3n) is 5.11. The van der Waals surface area contributed by atoms with E-state index in [-0.39, 0.29) is 0 Å². The molecule has 0 amide bonds. The molecule has 1 saturated heterocycles. The molecule has 1 N–H and O–H groups in total. The predicted octanol–water partition coefficient (Wildman–Crippen LogP) is 4.85. The summed E-state index contributed by atoms with van der Waals surface area (Å²) in [4.78, 5) is 2.59. The van der Waals surface area contributed by atoms with Gasteiger partial charge < -0.3 is 10.2 Å². The smallest absolute Gasteiger partial charge is 0.0529 e. The third-order valence-corrected chi connectivity index (χ3v) is 6.01. The number of rotatable bonds is 2. The Morgan fingerprint density at radius 2 is 2.05 bits per heavy atom. The van der Waals surface area contributed by atoms with Gasteiger partial charge in [-0.2, -0.15) is 0 Å². The number of hydrogen-bond donors (Lipinski definition) is 1. The Balaban J connectivity index is 1.95. The molecule has 1 aliphatic carbocycles. The van der Waals surface area contributed by atoms with Gasteiger partial charge >= 0.3 is 0 Å². The number of anilines is 1. The van der Waals surface area contributed by atoms with Gasteiger partial charge in [-0.15, -0.1) is 0 Å². The lowest BCUT2D eigenvalue weighted by Crippen LogP contribution is -2.64. The number of nitrogens with one attached hydrogen (secondary N) is 1. The van der Waals surface area contributed by atoms with Crippen molar-refractivity contribution in [1.82, 2.24) is 5.32 Å². The average Bonchev–Trinajstić information content (AvgIpc) is 2.89. The summed E-state index contributed by atoms with van der Waals surface area (Å²) in [7, 11) is 0. The molecule has 1 unspecified atom stereocenters. The lowest BCUT2D eigenvalue weighted by Gasteiger charge is -2.49. The predicted molar refractivity (Wildman–Crippen MR) is 94.3 cm³/mol. The quantitative estimate of drug-likeness (QED) is 0.799. The molecule has 0 radical (unpaired) electrons. The van der Waals surface area contributed by atoms with Crippen molar-refractivity contribution < 1.29 is 0 Å². The van der Waals surface area contributed by atoms with E-state index in [0.717, 1.165) is 22.6 Å². The van der Waals surface area contributed by atoms with E-state index >= 15 is 0 Å². The van der Waals surface area contributed by atoms with Crippen LogP contribution in [0.4, 0.5) is 5.69 Å². The molecule has 2 fully saturated rings. The summed E-state index contributed by atoms with van der Waals surface area (Å²) < 4.78 is 1.15. The highest BCUT2D eigenvalue weighted by Gasteiger charge is 2.42. The van der Waals surface area contributed by atoms with Gasteiger partial charge in [0.1, 0.15) is 0 Å². The maximum absolute atomic E-state index is 6.25. The van der Waals surface area contributed by atoms with E-state index in [4.69, 9.17) is 11.6 Å². The van der Waals surface area contributed by atoms with E-state index in [1.165, 1.54) is 31.4 Å². The van der Waals surface area contributed by atoms with Crippen molar-refractivity contribution in [2.24, 2.45) is 5.92 Å². The zero-order valence-corrected chi connectivity index (χ0v) is 15.2. The van der Waals surface area contributed by atoms with E-state index in [9.17, 15) is 0 Å². The Kier molecular flexibility index (Phi) is 4.54. The number of nitrogens with zero attached hydrogens (tertiary/aromatic N) is 1. The highest BCUT2D eigenvalue weighted by atomic mass is 79.9. The highest BCUT2D eigenvalue weighted by molar-refractivity contribution is 9.10. The molecule has 1 aliphatic heterocycles. The Morgan fingerprint density at radius 1 is 1.33 bits per heavy atom. The summed E-state index contributed by atoms with van der Waals surface area (Å²) in [6.45, 7) is 6.78. The van der Waals surface area contributed by atoms with Crippen LogP contribution in [0.5, 0.6) is 0 Å². The zero-order valence-electron chi connectivity index (χ0n) is 12.8. The average molecular weight is 372 g/mol. The fourth-order valence-corrected chi connectivity index (χ4v) is 4.52. The van der Waals surface area contributed by atoms with Crippen LogP contribution in [0.15, 0.2) is 22.7 Å². The molecule has 0 aromatic heterocycles. The number of halogens is 2. The Hall–Kier alpha value is -0.250. The third kappa shape index (κ3) is 3.11. The van der Waals surface area contributed by atoms with E-state index in [1.807, 2.05) is 6.07 Å². The first-order valence-corrected chi connectivity index (χ1v) is 9.15. The van der Waals surface area contributed by atoms with Crippen LogP contribution < -0.4 is 10.2 Å². The van der Waals surface area contributed by atoms with Crippen LogP contribution in [0.25, 0.3) is 0 Å². The van der Waals surface area contributed by atoms with Crippen LogP contribution in [0.3, 0.4) is 0 Å². The van der Waals surface area contributed by atoms with E-state index < -0.39 is 0 Å². The standard InChI is InChI=1S/C17H24BrClN2/c1-12(2)16-10-20-17(7-3-4-8-17)11-21(16)15-9-13(19)5-6-14(15)18/h5-6,9,12,16,20H,3-4,7-8,10-11H2,1-2H3. The second-order valence-electron chi connectivity index (χ2n) is 6.90. The summed E-state index contributed by atoms with van der Waals surface area (Å²) in [6.07, 6.45) is 5.30. The first-order valence-electron chi connectivity index (χ1n) is 7.97. The molecule has 3 rings (SSSR count). The molecule has 1 heterocycles. The minimum absolute atomic E-state index is 0.313. The van der Waals surface area contributed by atoms with Gasteiger partial charge in [-0.25, -0.2) is 0 Å². The van der Waals surface area contributed by atoms with Crippen molar-refractivity contribution in [3.63, 3.8) is 0 Å². The van der Waals surface area contributed by atoms with Crippen molar-refractivity contribution in [3.05, 3.63) is 27.7 Å². The van der Waals surface area contributed by atoms with Crippen LogP contribution in [0.1, 0.15) is 39.5 Å². The number of piperazine rings is 1. The lowest BCUT2D eigenvalue weighted by molar-refractivity contribution is 0.245. The largest absolute Gasteiger partial charge is 0.364 e. The first-order chi connectivity index (χ1) is 10.0. The van der Waals surface area contributed by atoms with Crippen LogP contribution >= 0.6 is 27.5 Å². The monoisotopic (exact) mass is 370 g/mol. The van der Waals surface area contributed by atoms with Gasteiger partial charge in [-0.3, -0.25) is 0 Å². The first kappa shape index (κ1) is 15.6. The van der Waals surface area contributed by atoms with Crippen LogP contribution in [-0.4, -0.2) is 24.7 Å². The Bertz CT molecular complexity index is 512. The Labute approximate surface area is 141 Å². The molecule has 2 aliphatic rings. The normalized spacial score (nSPS) is 25.0. The van der Waals surface area contributed by atoms with Gasteiger partial charge in [-0.1, -0.05) is 38.3 Å². The van der Waals surface area contributed by atoms with E-state index in [1.54, 1.807) is 0 Å². The fraction of sp³-hybridized carbons (Fsp3) is 0.647.